The van der Waals surface area contributed by atoms with Gasteiger partial charge < -0.3 is 4.90 Å². The number of piperidine rings is 1. The molecule has 1 aromatic carbocycles. The smallest absolute Gasteiger partial charge is 0.165 e. The molecule has 1 aliphatic heterocycles. The average molecular weight is 305 g/mol. The van der Waals surface area contributed by atoms with Crippen molar-refractivity contribution in [3.63, 3.8) is 0 Å². The summed E-state index contributed by atoms with van der Waals surface area (Å²) in [4.78, 5) is 14.5. The third kappa shape index (κ3) is 5.20. The molecule has 1 fully saturated rings. The number of hydrogen-bond acceptors (Lipinski definition) is 2. The van der Waals surface area contributed by atoms with E-state index >= 15 is 0 Å². The van der Waals surface area contributed by atoms with Gasteiger partial charge in [0.25, 0.3) is 0 Å². The van der Waals surface area contributed by atoms with Crippen LogP contribution in [0.25, 0.3) is 0 Å². The van der Waals surface area contributed by atoms with Crippen LogP contribution in [-0.4, -0.2) is 30.3 Å². The number of benzene rings is 1. The molecule has 22 heavy (non-hydrogen) atoms. The molecule has 0 aromatic heterocycles. The third-order valence-corrected chi connectivity index (χ3v) is 4.73. The Morgan fingerprint density at radius 2 is 1.95 bits per heavy atom. The number of unbranched alkanes of at least 4 members (excludes halogenated alkanes) is 1. The van der Waals surface area contributed by atoms with Crippen LogP contribution < -0.4 is 0 Å². The monoisotopic (exact) mass is 305 g/mol. The molecule has 0 bridgehead atoms. The summed E-state index contributed by atoms with van der Waals surface area (Å²) in [5.74, 6) is 0.427. The predicted molar refractivity (Wildman–Crippen MR) is 88.7 cm³/mol. The summed E-state index contributed by atoms with van der Waals surface area (Å²) in [5.41, 5.74) is 0.237. The molecule has 0 atom stereocenters. The second-order valence-electron chi connectivity index (χ2n) is 6.43. The lowest BCUT2D eigenvalue weighted by molar-refractivity contribution is 0.0966. The first-order valence-corrected chi connectivity index (χ1v) is 8.70. The topological polar surface area (TPSA) is 20.3 Å². The van der Waals surface area contributed by atoms with Gasteiger partial charge in [-0.1, -0.05) is 38.3 Å². The van der Waals surface area contributed by atoms with Crippen LogP contribution in [0.5, 0.6) is 0 Å². The van der Waals surface area contributed by atoms with Gasteiger partial charge in [0.2, 0.25) is 0 Å². The van der Waals surface area contributed by atoms with E-state index in [2.05, 4.69) is 11.8 Å². The van der Waals surface area contributed by atoms with Gasteiger partial charge in [0.1, 0.15) is 5.82 Å². The first kappa shape index (κ1) is 17.1. The van der Waals surface area contributed by atoms with E-state index < -0.39 is 5.82 Å². The summed E-state index contributed by atoms with van der Waals surface area (Å²) in [6, 6.07) is 6.28. The normalized spacial score (nSPS) is 16.8. The fourth-order valence-corrected chi connectivity index (χ4v) is 3.28. The summed E-state index contributed by atoms with van der Waals surface area (Å²) in [6.45, 7) is 5.52. The van der Waals surface area contributed by atoms with Gasteiger partial charge in [0.05, 0.1) is 5.56 Å². The zero-order valence-electron chi connectivity index (χ0n) is 13.7. The number of likely N-dealkylation sites (tertiary alicyclic amines) is 1. The zero-order chi connectivity index (χ0) is 15.8. The number of carbonyl (C=O) groups is 1. The van der Waals surface area contributed by atoms with Gasteiger partial charge in [-0.25, -0.2) is 4.39 Å². The van der Waals surface area contributed by atoms with E-state index in [4.69, 9.17) is 0 Å². The van der Waals surface area contributed by atoms with Crippen LogP contribution in [0.3, 0.4) is 0 Å². The molecule has 0 unspecified atom stereocenters. The summed E-state index contributed by atoms with van der Waals surface area (Å²) in [6.07, 6.45) is 7.86. The van der Waals surface area contributed by atoms with Crippen molar-refractivity contribution in [2.24, 2.45) is 5.92 Å². The highest BCUT2D eigenvalue weighted by Gasteiger charge is 2.18. The lowest BCUT2D eigenvalue weighted by Gasteiger charge is -2.31. The van der Waals surface area contributed by atoms with Gasteiger partial charge in [-0.15, -0.1) is 0 Å². The van der Waals surface area contributed by atoms with Crippen LogP contribution in [0.4, 0.5) is 4.39 Å². The molecule has 0 N–H and O–H groups in total. The fraction of sp³-hybridized carbons (Fsp3) is 0.632. The molecule has 0 radical (unpaired) electrons. The number of Topliss-reactive ketones (excluding diaryl/α,β-unsaturated/α-hetero) is 1. The quantitative estimate of drug-likeness (QED) is 0.649. The maximum atomic E-state index is 13.5. The zero-order valence-corrected chi connectivity index (χ0v) is 13.7. The number of carbonyl (C=O) groups excluding carboxylic acids is 1. The minimum absolute atomic E-state index is 0.0732. The van der Waals surface area contributed by atoms with Gasteiger partial charge in [-0.3, -0.25) is 4.79 Å². The van der Waals surface area contributed by atoms with E-state index in [0.717, 1.165) is 32.0 Å². The molecule has 2 nitrogen and oxygen atoms in total. The largest absolute Gasteiger partial charge is 0.303 e. The van der Waals surface area contributed by atoms with Crippen molar-refractivity contribution < 1.29 is 9.18 Å². The maximum absolute atomic E-state index is 13.5. The van der Waals surface area contributed by atoms with Crippen molar-refractivity contribution in [3.8, 4) is 0 Å². The fourth-order valence-electron chi connectivity index (χ4n) is 3.28. The Kier molecular flexibility index (Phi) is 7.04. The highest BCUT2D eigenvalue weighted by atomic mass is 19.1. The molecule has 1 heterocycles. The summed E-state index contributed by atoms with van der Waals surface area (Å²) < 4.78 is 13.5. The van der Waals surface area contributed by atoms with Crippen molar-refractivity contribution in [1.82, 2.24) is 4.90 Å². The lowest BCUT2D eigenvalue weighted by atomic mass is 9.91. The predicted octanol–water partition coefficient (Wildman–Crippen LogP) is 4.69. The van der Waals surface area contributed by atoms with Crippen molar-refractivity contribution in [2.75, 3.05) is 19.6 Å². The highest BCUT2D eigenvalue weighted by Crippen LogP contribution is 2.22. The molecule has 0 amide bonds. The minimum atomic E-state index is -0.399. The van der Waals surface area contributed by atoms with Crippen molar-refractivity contribution in [3.05, 3.63) is 35.6 Å². The van der Waals surface area contributed by atoms with Crippen molar-refractivity contribution >= 4 is 5.78 Å². The van der Waals surface area contributed by atoms with Crippen LogP contribution in [0.1, 0.15) is 62.2 Å². The molecule has 0 saturated carbocycles. The molecule has 1 aromatic rings. The molecule has 1 aliphatic rings. The van der Waals surface area contributed by atoms with E-state index in [1.54, 1.807) is 18.2 Å². The van der Waals surface area contributed by atoms with E-state index in [9.17, 15) is 9.18 Å². The molecular formula is C19H28FNO. The molecule has 1 saturated heterocycles. The second kappa shape index (κ2) is 9.04. The standard InChI is InChI=1S/C19H28FNO/c1-2-3-7-16-11-14-21(15-12-16)13-6-10-19(22)17-8-4-5-9-18(17)20/h4-5,8-9,16H,2-3,6-7,10-15H2,1H3. The van der Waals surface area contributed by atoms with Crippen LogP contribution >= 0.6 is 0 Å². The lowest BCUT2D eigenvalue weighted by Crippen LogP contribution is -2.34. The van der Waals surface area contributed by atoms with Gasteiger partial charge in [-0.05, 0) is 56.9 Å². The Morgan fingerprint density at radius 1 is 1.23 bits per heavy atom. The van der Waals surface area contributed by atoms with Gasteiger partial charge in [0, 0.05) is 6.42 Å². The second-order valence-corrected chi connectivity index (χ2v) is 6.43. The Balaban J connectivity index is 1.65. The molecule has 3 heteroatoms. The first-order chi connectivity index (χ1) is 10.7. The van der Waals surface area contributed by atoms with Crippen LogP contribution in [0.15, 0.2) is 24.3 Å². The Hall–Kier alpha value is -1.22. The van der Waals surface area contributed by atoms with E-state index in [0.29, 0.717) is 6.42 Å². The van der Waals surface area contributed by atoms with E-state index in [-0.39, 0.29) is 11.3 Å². The average Bonchev–Trinajstić information content (AvgIpc) is 2.54. The maximum Gasteiger partial charge on any atom is 0.165 e. The van der Waals surface area contributed by atoms with E-state index in [1.807, 2.05) is 0 Å². The molecule has 0 aliphatic carbocycles. The molecule has 122 valence electrons. The first-order valence-electron chi connectivity index (χ1n) is 8.70. The molecule has 0 spiro atoms. The number of nitrogens with zero attached hydrogens (tertiary/aromatic N) is 1. The van der Waals surface area contributed by atoms with Gasteiger partial charge in [0.15, 0.2) is 5.78 Å². The van der Waals surface area contributed by atoms with Gasteiger partial charge in [-0.2, -0.15) is 0 Å². The van der Waals surface area contributed by atoms with E-state index in [1.165, 1.54) is 38.2 Å². The molecular weight excluding hydrogens is 277 g/mol. The Bertz CT molecular complexity index is 466. The van der Waals surface area contributed by atoms with Crippen LogP contribution in [0, 0.1) is 11.7 Å². The Morgan fingerprint density at radius 3 is 2.64 bits per heavy atom. The summed E-state index contributed by atoms with van der Waals surface area (Å²) in [5, 5.41) is 0. The third-order valence-electron chi connectivity index (χ3n) is 4.73. The number of hydrogen-bond donors (Lipinski definition) is 0. The Labute approximate surface area is 133 Å². The highest BCUT2D eigenvalue weighted by molar-refractivity contribution is 5.96. The molecule has 2 rings (SSSR count). The van der Waals surface area contributed by atoms with Crippen molar-refractivity contribution in [1.29, 1.82) is 0 Å². The summed E-state index contributed by atoms with van der Waals surface area (Å²) in [7, 11) is 0. The summed E-state index contributed by atoms with van der Waals surface area (Å²) >= 11 is 0. The number of halogens is 1. The number of ketones is 1. The SMILES string of the molecule is CCCCC1CCN(CCCC(=O)c2ccccc2F)CC1. The van der Waals surface area contributed by atoms with Crippen LogP contribution in [-0.2, 0) is 0 Å². The van der Waals surface area contributed by atoms with Gasteiger partial charge >= 0.3 is 0 Å². The van der Waals surface area contributed by atoms with Crippen molar-refractivity contribution in [2.45, 2.75) is 51.9 Å². The minimum Gasteiger partial charge on any atom is -0.303 e. The van der Waals surface area contributed by atoms with Crippen LogP contribution in [0.2, 0.25) is 0 Å². The number of rotatable bonds is 8.